The van der Waals surface area contributed by atoms with Crippen molar-refractivity contribution in [2.24, 2.45) is 4.99 Å². The fourth-order valence-electron chi connectivity index (χ4n) is 2.89. The number of nitrogens with zero attached hydrogens (tertiary/aromatic N) is 1. The molecule has 0 aliphatic rings. The minimum Gasteiger partial charge on any atom is -0.477 e. The van der Waals surface area contributed by atoms with E-state index in [1.165, 1.54) is 96.3 Å². The summed E-state index contributed by atoms with van der Waals surface area (Å²) in [7, 11) is 0. The molecular formula is C20H39NO2. The summed E-state index contributed by atoms with van der Waals surface area (Å²) < 4.78 is 0. The van der Waals surface area contributed by atoms with Gasteiger partial charge in [-0.3, -0.25) is 4.99 Å². The lowest BCUT2D eigenvalue weighted by Crippen LogP contribution is -1.96. The normalized spacial score (nSPS) is 11.3. The van der Waals surface area contributed by atoms with Crippen LogP contribution >= 0.6 is 0 Å². The molecule has 0 amide bonds. The summed E-state index contributed by atoms with van der Waals surface area (Å²) in [5, 5.41) is 8.40. The zero-order chi connectivity index (χ0) is 17.0. The predicted octanol–water partition coefficient (Wildman–Crippen LogP) is 6.40. The lowest BCUT2D eigenvalue weighted by molar-refractivity contribution is -0.128. The minimum atomic E-state index is -0.943. The molecule has 0 aliphatic heterocycles. The largest absolute Gasteiger partial charge is 0.477 e. The number of aliphatic carboxylic acids is 1. The maximum atomic E-state index is 10.2. The van der Waals surface area contributed by atoms with Gasteiger partial charge in [0.25, 0.3) is 0 Å². The van der Waals surface area contributed by atoms with E-state index in [-0.39, 0.29) is 0 Å². The van der Waals surface area contributed by atoms with Gasteiger partial charge in [0.2, 0.25) is 0 Å². The molecule has 0 unspecified atom stereocenters. The fourth-order valence-corrected chi connectivity index (χ4v) is 2.89. The van der Waals surface area contributed by atoms with E-state index >= 15 is 0 Å². The summed E-state index contributed by atoms with van der Waals surface area (Å²) in [6.07, 6.45) is 22.7. The fraction of sp³-hybridized carbons (Fsp3) is 0.900. The van der Waals surface area contributed by atoms with Crippen LogP contribution in [0, 0.1) is 0 Å². The predicted molar refractivity (Wildman–Crippen MR) is 101 cm³/mol. The molecule has 0 atom stereocenters. The van der Waals surface area contributed by atoms with Gasteiger partial charge < -0.3 is 5.11 Å². The molecule has 136 valence electrons. The Balaban J connectivity index is 3.01. The first kappa shape index (κ1) is 22.1. The van der Waals surface area contributed by atoms with Crippen LogP contribution in [0.5, 0.6) is 0 Å². The van der Waals surface area contributed by atoms with Gasteiger partial charge in [-0.15, -0.1) is 0 Å². The molecule has 23 heavy (non-hydrogen) atoms. The first-order valence-corrected chi connectivity index (χ1v) is 10.00. The Morgan fingerprint density at radius 3 is 1.39 bits per heavy atom. The van der Waals surface area contributed by atoms with Crippen molar-refractivity contribution < 1.29 is 9.90 Å². The van der Waals surface area contributed by atoms with Crippen LogP contribution in [0.25, 0.3) is 0 Å². The van der Waals surface area contributed by atoms with Gasteiger partial charge in [0.05, 0.1) is 0 Å². The van der Waals surface area contributed by atoms with Crippen molar-refractivity contribution >= 4 is 12.2 Å². The van der Waals surface area contributed by atoms with E-state index in [9.17, 15) is 4.79 Å². The van der Waals surface area contributed by atoms with Gasteiger partial charge in [-0.2, -0.15) is 0 Å². The third kappa shape index (κ3) is 21.1. The standard InChI is InChI=1S/C20H39NO2/c1-2-3-4-5-6-7-8-9-10-11-12-13-14-15-16-17-18-21-19-20(22)23/h19H,2-18H2,1H3,(H,22,23). The average Bonchev–Trinajstić information content (AvgIpc) is 2.53. The zero-order valence-electron chi connectivity index (χ0n) is 15.4. The molecule has 0 saturated carbocycles. The van der Waals surface area contributed by atoms with Crippen molar-refractivity contribution in [3.63, 3.8) is 0 Å². The molecular weight excluding hydrogens is 286 g/mol. The van der Waals surface area contributed by atoms with Crippen molar-refractivity contribution in [2.45, 2.75) is 110 Å². The first-order chi connectivity index (χ1) is 11.3. The highest BCUT2D eigenvalue weighted by atomic mass is 16.4. The maximum Gasteiger partial charge on any atom is 0.346 e. The molecule has 0 fully saturated rings. The van der Waals surface area contributed by atoms with Gasteiger partial charge in [-0.25, -0.2) is 4.79 Å². The second-order valence-electron chi connectivity index (χ2n) is 6.68. The monoisotopic (exact) mass is 325 g/mol. The summed E-state index contributed by atoms with van der Waals surface area (Å²) >= 11 is 0. The third-order valence-electron chi connectivity index (χ3n) is 4.34. The second-order valence-corrected chi connectivity index (χ2v) is 6.68. The summed E-state index contributed by atoms with van der Waals surface area (Å²) in [4.78, 5) is 14.1. The number of unbranched alkanes of at least 4 members (excludes halogenated alkanes) is 15. The van der Waals surface area contributed by atoms with Crippen LogP contribution in [-0.2, 0) is 4.79 Å². The topological polar surface area (TPSA) is 49.7 Å². The number of carbonyl (C=O) groups is 1. The highest BCUT2D eigenvalue weighted by molar-refractivity contribution is 6.21. The lowest BCUT2D eigenvalue weighted by atomic mass is 10.0. The van der Waals surface area contributed by atoms with E-state index in [1.54, 1.807) is 0 Å². The Morgan fingerprint density at radius 1 is 0.696 bits per heavy atom. The second kappa shape index (κ2) is 19.2. The van der Waals surface area contributed by atoms with Gasteiger partial charge >= 0.3 is 5.97 Å². The van der Waals surface area contributed by atoms with Crippen LogP contribution < -0.4 is 0 Å². The van der Waals surface area contributed by atoms with Crippen molar-refractivity contribution in [1.82, 2.24) is 0 Å². The van der Waals surface area contributed by atoms with Crippen molar-refractivity contribution in [3.8, 4) is 0 Å². The van der Waals surface area contributed by atoms with E-state index < -0.39 is 5.97 Å². The van der Waals surface area contributed by atoms with Crippen LogP contribution in [0.2, 0.25) is 0 Å². The number of carboxylic acids is 1. The molecule has 0 heterocycles. The number of aliphatic imine (C=N–C) groups is 1. The molecule has 3 nitrogen and oxygen atoms in total. The molecule has 0 aromatic heterocycles. The maximum absolute atomic E-state index is 10.2. The van der Waals surface area contributed by atoms with Crippen LogP contribution in [0.1, 0.15) is 110 Å². The number of hydrogen-bond donors (Lipinski definition) is 1. The Bertz CT molecular complexity index is 277. The molecule has 1 N–H and O–H groups in total. The van der Waals surface area contributed by atoms with Crippen LogP contribution in [0.15, 0.2) is 4.99 Å². The Hall–Kier alpha value is -0.860. The molecule has 0 saturated heterocycles. The van der Waals surface area contributed by atoms with Gasteiger partial charge in [0.15, 0.2) is 0 Å². The van der Waals surface area contributed by atoms with Crippen molar-refractivity contribution in [3.05, 3.63) is 0 Å². The first-order valence-electron chi connectivity index (χ1n) is 10.00. The van der Waals surface area contributed by atoms with Crippen LogP contribution in [0.4, 0.5) is 0 Å². The highest BCUT2D eigenvalue weighted by Crippen LogP contribution is 2.13. The van der Waals surface area contributed by atoms with E-state index in [2.05, 4.69) is 11.9 Å². The third-order valence-corrected chi connectivity index (χ3v) is 4.34. The van der Waals surface area contributed by atoms with Gasteiger partial charge in [0.1, 0.15) is 6.21 Å². The van der Waals surface area contributed by atoms with Crippen molar-refractivity contribution in [1.29, 1.82) is 0 Å². The van der Waals surface area contributed by atoms with Gasteiger partial charge in [-0.05, 0) is 6.42 Å². The molecule has 0 bridgehead atoms. The van der Waals surface area contributed by atoms with E-state index in [1.807, 2.05) is 0 Å². The summed E-state index contributed by atoms with van der Waals surface area (Å²) in [6, 6.07) is 0. The smallest absolute Gasteiger partial charge is 0.346 e. The van der Waals surface area contributed by atoms with Crippen molar-refractivity contribution in [2.75, 3.05) is 6.54 Å². The molecule has 3 heteroatoms. The lowest BCUT2D eigenvalue weighted by Gasteiger charge is -2.03. The number of hydrogen-bond acceptors (Lipinski definition) is 2. The number of carboxylic acid groups (broad SMARTS) is 1. The summed E-state index contributed by atoms with van der Waals surface area (Å²) in [5.41, 5.74) is 0. The Morgan fingerprint density at radius 2 is 1.04 bits per heavy atom. The Labute approximate surface area is 144 Å². The van der Waals surface area contributed by atoms with Gasteiger partial charge in [0, 0.05) is 6.54 Å². The Kier molecular flexibility index (Phi) is 18.5. The number of rotatable bonds is 18. The highest BCUT2D eigenvalue weighted by Gasteiger charge is 1.94. The van der Waals surface area contributed by atoms with Crippen LogP contribution in [-0.4, -0.2) is 23.8 Å². The SMILES string of the molecule is CCCCCCCCCCCCCCCCCCN=CC(=O)O. The zero-order valence-corrected chi connectivity index (χ0v) is 15.4. The molecule has 0 rings (SSSR count). The van der Waals surface area contributed by atoms with Gasteiger partial charge in [-0.1, -0.05) is 103 Å². The summed E-state index contributed by atoms with van der Waals surface area (Å²) in [5.74, 6) is -0.943. The molecule has 0 aromatic rings. The van der Waals surface area contributed by atoms with E-state index in [4.69, 9.17) is 5.11 Å². The molecule has 0 spiro atoms. The molecule has 0 aliphatic carbocycles. The average molecular weight is 326 g/mol. The quantitative estimate of drug-likeness (QED) is 0.234. The molecule has 0 aromatic carbocycles. The van der Waals surface area contributed by atoms with Crippen LogP contribution in [0.3, 0.4) is 0 Å². The summed E-state index contributed by atoms with van der Waals surface area (Å²) in [6.45, 7) is 2.93. The van der Waals surface area contributed by atoms with E-state index in [0.29, 0.717) is 6.54 Å². The molecule has 0 radical (unpaired) electrons. The van der Waals surface area contributed by atoms with E-state index in [0.717, 1.165) is 12.6 Å². The minimum absolute atomic E-state index is 0.657.